The molecule has 24 heteroatoms. The van der Waals surface area contributed by atoms with E-state index in [0.717, 1.165) is 36.5 Å². The summed E-state index contributed by atoms with van der Waals surface area (Å²) in [5.41, 5.74) is -0.277. The third kappa shape index (κ3) is 11.5. The van der Waals surface area contributed by atoms with Crippen molar-refractivity contribution in [3.63, 3.8) is 0 Å². The summed E-state index contributed by atoms with van der Waals surface area (Å²) >= 11 is 12.6. The highest BCUT2D eigenvalue weighted by atomic mass is 35.5. The zero-order valence-corrected chi connectivity index (χ0v) is 43.4. The average molecular weight is 1030 g/mol. The summed E-state index contributed by atoms with van der Waals surface area (Å²) in [6.45, 7) is 18.3. The molecule has 0 aromatic carbocycles. The van der Waals surface area contributed by atoms with Gasteiger partial charge in [0.1, 0.15) is 54.6 Å². The van der Waals surface area contributed by atoms with Crippen LogP contribution in [0.2, 0.25) is 10.6 Å². The van der Waals surface area contributed by atoms with Crippen molar-refractivity contribution in [1.29, 1.82) is 0 Å². The van der Waals surface area contributed by atoms with Crippen LogP contribution in [0.15, 0.2) is 12.4 Å². The third-order valence-electron chi connectivity index (χ3n) is 12.5. The van der Waals surface area contributed by atoms with Crippen molar-refractivity contribution in [2.75, 3.05) is 30.2 Å². The monoisotopic (exact) mass is 1020 g/mol. The number of fused-ring (bicyclic) bond motifs is 4. The Kier molecular flexibility index (Phi) is 14.4. The van der Waals surface area contributed by atoms with E-state index in [4.69, 9.17) is 65.4 Å². The molecule has 8 atom stereocenters. The van der Waals surface area contributed by atoms with E-state index in [1.807, 2.05) is 69.2 Å². The zero-order chi connectivity index (χ0) is 49.3. The van der Waals surface area contributed by atoms with Gasteiger partial charge in [-0.05, 0) is 118 Å². The van der Waals surface area contributed by atoms with Crippen LogP contribution >= 0.6 is 30.8 Å². The summed E-state index contributed by atoms with van der Waals surface area (Å²) in [4.78, 5) is 17.7. The molecule has 0 radical (unpaired) electrons. The van der Waals surface area contributed by atoms with E-state index >= 15 is 0 Å². The number of nitrogens with one attached hydrogen (secondary N) is 2. The number of hydrogen-bond donors (Lipinski definition) is 3. The lowest BCUT2D eigenvalue weighted by Crippen LogP contribution is -2.33. The van der Waals surface area contributed by atoms with Gasteiger partial charge in [0.25, 0.3) is 0 Å². The van der Waals surface area contributed by atoms with E-state index in [0.29, 0.717) is 35.0 Å². The topological polar surface area (TPSA) is 232 Å². The zero-order valence-electron chi connectivity index (χ0n) is 41.0. The van der Waals surface area contributed by atoms with Crippen LogP contribution in [0.3, 0.4) is 0 Å². The predicted molar refractivity (Wildman–Crippen MR) is 255 cm³/mol. The lowest BCUT2D eigenvalue weighted by atomic mass is 10.1. The minimum atomic E-state index is -3.60. The molecule has 6 aliphatic rings. The summed E-state index contributed by atoms with van der Waals surface area (Å²) in [5.74, 6) is -0.258. The first-order chi connectivity index (χ1) is 32.5. The van der Waals surface area contributed by atoms with Crippen LogP contribution in [0, 0.1) is 0 Å². The molecule has 4 aromatic heterocycles. The first-order valence-corrected chi connectivity index (χ1v) is 26.5. The molecule has 0 unspecified atom stereocenters. The summed E-state index contributed by atoms with van der Waals surface area (Å²) in [6, 6.07) is 0.727. The van der Waals surface area contributed by atoms with Crippen molar-refractivity contribution in [2.24, 2.45) is 0 Å². The molecule has 4 aromatic rings. The number of aliphatic hydroxyl groups is 1. The summed E-state index contributed by atoms with van der Waals surface area (Å²) in [7, 11) is -3.60. The SMILES string of the molecule is CC(C)(C)OP(=O)(COC[C@H]1O[C@@H](n2ncc3c(NC4CCCC4)nc(Cl)nc32)[C@@H]2OC(C)(C)O[C@@H]21)OC(C)(C)C.CC1(C)O[C@@H]2[C@H](O1)[C@@H](CO)O[C@H]2n1ncc2c(NC3CCCC3)nc(Cl)nc21. The minimum absolute atomic E-state index is 0.0749. The highest BCUT2D eigenvalue weighted by molar-refractivity contribution is 7.53. The van der Waals surface area contributed by atoms with Gasteiger partial charge in [0.2, 0.25) is 10.6 Å². The Morgan fingerprint density at radius 2 is 1.09 bits per heavy atom. The van der Waals surface area contributed by atoms with E-state index in [9.17, 15) is 9.67 Å². The van der Waals surface area contributed by atoms with E-state index in [1.54, 1.807) is 21.8 Å². The molecule has 0 bridgehead atoms. The molecule has 21 nitrogen and oxygen atoms in total. The van der Waals surface area contributed by atoms with Crippen LogP contribution in [-0.4, -0.2) is 136 Å². The molecule has 2 aliphatic carbocycles. The van der Waals surface area contributed by atoms with Crippen LogP contribution in [0.5, 0.6) is 0 Å². The van der Waals surface area contributed by atoms with Crippen LogP contribution in [0.4, 0.5) is 11.6 Å². The molecule has 2 saturated carbocycles. The van der Waals surface area contributed by atoms with Crippen molar-refractivity contribution in [3.05, 3.63) is 23.0 Å². The Hall–Kier alpha value is -2.89. The van der Waals surface area contributed by atoms with Crippen molar-refractivity contribution < 1.29 is 51.9 Å². The molecular weight excluding hydrogens is 958 g/mol. The normalized spacial score (nSPS) is 29.2. The molecule has 4 aliphatic heterocycles. The fourth-order valence-electron chi connectivity index (χ4n) is 10.1. The second kappa shape index (κ2) is 19.5. The molecule has 10 rings (SSSR count). The summed E-state index contributed by atoms with van der Waals surface area (Å²) in [6.07, 6.45) is 8.39. The second-order valence-electron chi connectivity index (χ2n) is 21.5. The molecule has 69 heavy (non-hydrogen) atoms. The number of anilines is 2. The van der Waals surface area contributed by atoms with Gasteiger partial charge in [-0.3, -0.25) is 4.57 Å². The highest BCUT2D eigenvalue weighted by Gasteiger charge is 2.58. The minimum Gasteiger partial charge on any atom is -0.394 e. The lowest BCUT2D eigenvalue weighted by molar-refractivity contribution is -0.202. The van der Waals surface area contributed by atoms with Crippen LogP contribution < -0.4 is 10.6 Å². The maximum absolute atomic E-state index is 13.6. The molecule has 8 heterocycles. The molecule has 0 amide bonds. The summed E-state index contributed by atoms with van der Waals surface area (Å²) < 4.78 is 71.5. The predicted octanol–water partition coefficient (Wildman–Crippen LogP) is 8.29. The Balaban J connectivity index is 0.000000184. The number of halogens is 2. The van der Waals surface area contributed by atoms with Gasteiger partial charge in [-0.15, -0.1) is 0 Å². The Labute approximate surface area is 412 Å². The van der Waals surface area contributed by atoms with Gasteiger partial charge in [0, 0.05) is 12.1 Å². The van der Waals surface area contributed by atoms with Gasteiger partial charge in [-0.2, -0.15) is 30.1 Å². The smallest absolute Gasteiger partial charge is 0.357 e. The number of aromatic nitrogens is 8. The van der Waals surface area contributed by atoms with Crippen LogP contribution in [0.25, 0.3) is 22.1 Å². The lowest BCUT2D eigenvalue weighted by Gasteiger charge is -2.32. The maximum atomic E-state index is 13.6. The van der Waals surface area contributed by atoms with E-state index < -0.39 is 73.3 Å². The Bertz CT molecular complexity index is 2490. The molecule has 6 fully saturated rings. The Morgan fingerprint density at radius 3 is 1.51 bits per heavy atom. The van der Waals surface area contributed by atoms with Crippen molar-refractivity contribution in [2.45, 2.75) is 205 Å². The van der Waals surface area contributed by atoms with Gasteiger partial charge in [0.05, 0.1) is 47.6 Å². The number of ether oxygens (including phenoxy) is 7. The first kappa shape index (κ1) is 51.0. The van der Waals surface area contributed by atoms with Gasteiger partial charge in [-0.25, -0.2) is 9.36 Å². The van der Waals surface area contributed by atoms with Gasteiger partial charge < -0.3 is 57.9 Å². The highest BCUT2D eigenvalue weighted by Crippen LogP contribution is 2.55. The first-order valence-electron chi connectivity index (χ1n) is 24.0. The molecule has 3 N–H and O–H groups in total. The molecule has 382 valence electrons. The maximum Gasteiger partial charge on any atom is 0.357 e. The average Bonchev–Trinajstić information content (AvgIpc) is 4.09. The van der Waals surface area contributed by atoms with Gasteiger partial charge >= 0.3 is 7.60 Å². The molecule has 4 saturated heterocycles. The van der Waals surface area contributed by atoms with Crippen molar-refractivity contribution in [3.8, 4) is 0 Å². The van der Waals surface area contributed by atoms with Gasteiger partial charge in [-0.1, -0.05) is 25.7 Å². The number of aliphatic hydroxyl groups excluding tert-OH is 1. The van der Waals surface area contributed by atoms with Crippen LogP contribution in [0.1, 0.15) is 133 Å². The second-order valence-corrected chi connectivity index (χ2v) is 24.1. The van der Waals surface area contributed by atoms with Gasteiger partial charge in [0.15, 0.2) is 35.3 Å². The quantitative estimate of drug-likeness (QED) is 0.0844. The fraction of sp³-hybridized carbons (Fsp3) is 0.778. The number of nitrogens with zero attached hydrogens (tertiary/aromatic N) is 8. The number of rotatable bonds is 13. The Morgan fingerprint density at radius 1 is 0.681 bits per heavy atom. The van der Waals surface area contributed by atoms with Crippen molar-refractivity contribution in [1.82, 2.24) is 39.5 Å². The van der Waals surface area contributed by atoms with E-state index in [2.05, 4.69) is 40.8 Å². The summed E-state index contributed by atoms with van der Waals surface area (Å²) in [5, 5.41) is 27.6. The molecule has 0 spiro atoms. The third-order valence-corrected chi connectivity index (χ3v) is 15.0. The van der Waals surface area contributed by atoms with E-state index in [-0.39, 0.29) is 36.2 Å². The fourth-order valence-corrected chi connectivity index (χ4v) is 12.6. The largest absolute Gasteiger partial charge is 0.394 e. The van der Waals surface area contributed by atoms with Crippen LogP contribution in [-0.2, 0) is 46.8 Å². The van der Waals surface area contributed by atoms with Crippen molar-refractivity contribution >= 4 is 64.5 Å². The standard InChI is InChI=1S/C27H43ClN5O7P.C18H24ClN5O4/c1-25(2,3)39-41(34,40-26(4,5)6)15-35-14-18-19-20(38-27(7,8)37-19)23(36-18)33-22-17(13-29-33)21(31-24(28)32-22)30-16-11-9-10-12-16;1-18(2)27-12-11(8-25)26-16(13(12)28-18)24-15-10(7-20-24)14(22-17(19)23-15)21-9-5-3-4-6-9/h13,16,18-20,23H,9-12,14-15H2,1-8H3,(H,30,31,32);7,9,11-13,16,25H,3-6,8H2,1-2H3,(H,21,22,23)/t18-,19-,20-,23-;11-,12-,13-,16-/m11/s1. The molecular formula is C45H67Cl2N10O11P. The van der Waals surface area contributed by atoms with E-state index in [1.165, 1.54) is 25.7 Å². The number of hydrogen-bond acceptors (Lipinski definition) is 19.